The van der Waals surface area contributed by atoms with Gasteiger partial charge in [0.1, 0.15) is 11.4 Å². The highest BCUT2D eigenvalue weighted by Gasteiger charge is 2.40. The predicted molar refractivity (Wildman–Crippen MR) is 116 cm³/mol. The maximum atomic E-state index is 13.2. The average Bonchev–Trinajstić information content (AvgIpc) is 2.92. The molecule has 1 N–H and O–H groups in total. The summed E-state index contributed by atoms with van der Waals surface area (Å²) in [5, 5.41) is 3.18. The number of hydrogen-bond donors (Lipinski definition) is 1. The normalized spacial score (nSPS) is 14.1. The van der Waals surface area contributed by atoms with Gasteiger partial charge in [-0.1, -0.05) is 32.0 Å². The number of nitrogens with one attached hydrogen (secondary N) is 1. The molecule has 1 aliphatic rings. The zero-order chi connectivity index (χ0) is 21.1. The van der Waals surface area contributed by atoms with Gasteiger partial charge in [-0.3, -0.25) is 14.5 Å². The minimum absolute atomic E-state index is 0.167. The molecule has 1 heterocycles. The molecule has 2 aromatic carbocycles. The molecule has 0 bridgehead atoms. The molecular formula is C23H27N3O3. The third kappa shape index (κ3) is 4.11. The fourth-order valence-electron chi connectivity index (χ4n) is 3.31. The van der Waals surface area contributed by atoms with Gasteiger partial charge in [-0.15, -0.1) is 0 Å². The zero-order valence-corrected chi connectivity index (χ0v) is 17.5. The number of benzene rings is 2. The first-order valence-electron chi connectivity index (χ1n) is 9.61. The number of ether oxygens (including phenoxy) is 1. The number of rotatable bonds is 7. The Labute approximate surface area is 171 Å². The molecule has 0 atom stereocenters. The van der Waals surface area contributed by atoms with Gasteiger partial charge in [0.15, 0.2) is 0 Å². The first-order chi connectivity index (χ1) is 13.8. The summed E-state index contributed by atoms with van der Waals surface area (Å²) in [5.41, 5.74) is 3.00. The lowest BCUT2D eigenvalue weighted by Crippen LogP contribution is -2.35. The Balaban J connectivity index is 2.06. The topological polar surface area (TPSA) is 61.9 Å². The van der Waals surface area contributed by atoms with E-state index in [4.69, 9.17) is 4.74 Å². The van der Waals surface area contributed by atoms with E-state index in [2.05, 4.69) is 5.32 Å². The van der Waals surface area contributed by atoms with Crippen molar-refractivity contribution in [3.63, 3.8) is 0 Å². The molecule has 0 saturated carbocycles. The highest BCUT2D eigenvalue weighted by Crippen LogP contribution is 2.35. The molecule has 2 amide bonds. The van der Waals surface area contributed by atoms with E-state index >= 15 is 0 Å². The summed E-state index contributed by atoms with van der Waals surface area (Å²) < 4.78 is 5.45. The molecule has 0 radical (unpaired) electrons. The van der Waals surface area contributed by atoms with Gasteiger partial charge in [0.2, 0.25) is 0 Å². The van der Waals surface area contributed by atoms with Crippen LogP contribution in [0.15, 0.2) is 54.2 Å². The summed E-state index contributed by atoms with van der Waals surface area (Å²) >= 11 is 0. The van der Waals surface area contributed by atoms with Crippen LogP contribution in [0.5, 0.6) is 5.75 Å². The van der Waals surface area contributed by atoms with Gasteiger partial charge in [0.05, 0.1) is 12.7 Å². The molecule has 0 saturated heterocycles. The lowest BCUT2D eigenvalue weighted by atomic mass is 10.0. The fourth-order valence-corrected chi connectivity index (χ4v) is 3.31. The maximum absolute atomic E-state index is 13.2. The van der Waals surface area contributed by atoms with Crippen molar-refractivity contribution < 1.29 is 14.3 Å². The van der Waals surface area contributed by atoms with Gasteiger partial charge in [-0.25, -0.2) is 0 Å². The lowest BCUT2D eigenvalue weighted by Gasteiger charge is -2.17. The van der Waals surface area contributed by atoms with Gasteiger partial charge >= 0.3 is 0 Å². The van der Waals surface area contributed by atoms with E-state index < -0.39 is 0 Å². The Morgan fingerprint density at radius 1 is 1.00 bits per heavy atom. The van der Waals surface area contributed by atoms with Crippen LogP contribution in [0, 0.1) is 5.92 Å². The molecule has 3 rings (SSSR count). The van der Waals surface area contributed by atoms with Gasteiger partial charge < -0.3 is 15.0 Å². The second kappa shape index (κ2) is 8.39. The molecule has 0 fully saturated rings. The van der Waals surface area contributed by atoms with Crippen LogP contribution in [0.4, 0.5) is 11.4 Å². The molecule has 6 nitrogen and oxygen atoms in total. The van der Waals surface area contributed by atoms with Crippen molar-refractivity contribution >= 4 is 28.8 Å². The minimum Gasteiger partial charge on any atom is -0.496 e. The number of para-hydroxylation sites is 1. The van der Waals surface area contributed by atoms with E-state index in [-0.39, 0.29) is 23.4 Å². The number of anilines is 2. The van der Waals surface area contributed by atoms with E-state index in [1.54, 1.807) is 19.2 Å². The van der Waals surface area contributed by atoms with Gasteiger partial charge in [-0.2, -0.15) is 0 Å². The van der Waals surface area contributed by atoms with Crippen LogP contribution in [0.25, 0.3) is 5.57 Å². The highest BCUT2D eigenvalue weighted by molar-refractivity contribution is 6.37. The summed E-state index contributed by atoms with van der Waals surface area (Å²) in [4.78, 5) is 29.7. The molecule has 0 aromatic heterocycles. The van der Waals surface area contributed by atoms with Crippen molar-refractivity contribution in [2.24, 2.45) is 5.92 Å². The van der Waals surface area contributed by atoms with Crippen molar-refractivity contribution in [2.75, 3.05) is 38.0 Å². The highest BCUT2D eigenvalue weighted by atomic mass is 16.5. The summed E-state index contributed by atoms with van der Waals surface area (Å²) in [6, 6.07) is 15.0. The van der Waals surface area contributed by atoms with Crippen LogP contribution >= 0.6 is 0 Å². The quantitative estimate of drug-likeness (QED) is 0.728. The predicted octanol–water partition coefficient (Wildman–Crippen LogP) is 3.61. The Morgan fingerprint density at radius 3 is 2.24 bits per heavy atom. The Kier molecular flexibility index (Phi) is 5.92. The zero-order valence-electron chi connectivity index (χ0n) is 17.5. The lowest BCUT2D eigenvalue weighted by molar-refractivity contribution is -0.137. The van der Waals surface area contributed by atoms with Gasteiger partial charge in [-0.05, 0) is 36.2 Å². The van der Waals surface area contributed by atoms with Crippen molar-refractivity contribution in [1.29, 1.82) is 0 Å². The first kappa shape index (κ1) is 20.5. The summed E-state index contributed by atoms with van der Waals surface area (Å²) in [6.45, 7) is 4.32. The number of carbonyl (C=O) groups is 2. The van der Waals surface area contributed by atoms with E-state index in [0.717, 1.165) is 11.4 Å². The molecule has 152 valence electrons. The molecule has 0 aliphatic carbocycles. The van der Waals surface area contributed by atoms with Crippen LogP contribution in [0.3, 0.4) is 0 Å². The van der Waals surface area contributed by atoms with E-state index in [1.807, 2.05) is 69.2 Å². The SMILES string of the molecule is COc1ccccc1C1=C(Nc2ccc(N(C)C)cc2)C(=O)N(CC(C)C)C1=O. The molecular weight excluding hydrogens is 366 g/mol. The van der Waals surface area contributed by atoms with Crippen LogP contribution in [-0.4, -0.2) is 44.5 Å². The maximum Gasteiger partial charge on any atom is 0.278 e. The summed E-state index contributed by atoms with van der Waals surface area (Å²) in [7, 11) is 5.49. The Morgan fingerprint density at radius 2 is 1.66 bits per heavy atom. The number of imide groups is 1. The minimum atomic E-state index is -0.318. The fraction of sp³-hybridized carbons (Fsp3) is 0.304. The summed E-state index contributed by atoms with van der Waals surface area (Å²) in [6.07, 6.45) is 0. The van der Waals surface area contributed by atoms with Crippen molar-refractivity contribution in [1.82, 2.24) is 4.90 Å². The van der Waals surface area contributed by atoms with Gasteiger partial charge in [0.25, 0.3) is 11.8 Å². The molecule has 2 aromatic rings. The smallest absolute Gasteiger partial charge is 0.278 e. The Hall–Kier alpha value is -3.28. The van der Waals surface area contributed by atoms with E-state index in [0.29, 0.717) is 23.4 Å². The third-order valence-electron chi connectivity index (χ3n) is 4.75. The third-order valence-corrected chi connectivity index (χ3v) is 4.75. The van der Waals surface area contributed by atoms with E-state index in [1.165, 1.54) is 4.90 Å². The second-order valence-corrected chi connectivity index (χ2v) is 7.63. The largest absolute Gasteiger partial charge is 0.496 e. The monoisotopic (exact) mass is 393 g/mol. The van der Waals surface area contributed by atoms with Crippen LogP contribution in [-0.2, 0) is 9.59 Å². The van der Waals surface area contributed by atoms with Crippen molar-refractivity contribution in [3.8, 4) is 5.75 Å². The molecule has 0 spiro atoms. The number of amides is 2. The number of hydrogen-bond acceptors (Lipinski definition) is 5. The van der Waals surface area contributed by atoms with Crippen LogP contribution in [0.1, 0.15) is 19.4 Å². The number of methoxy groups -OCH3 is 1. The Bertz CT molecular complexity index is 946. The van der Waals surface area contributed by atoms with Crippen LogP contribution in [0.2, 0.25) is 0 Å². The number of carbonyl (C=O) groups excluding carboxylic acids is 2. The average molecular weight is 393 g/mol. The second-order valence-electron chi connectivity index (χ2n) is 7.63. The standard InChI is InChI=1S/C23H27N3O3/c1-15(2)14-26-22(27)20(18-8-6-7-9-19(18)29-5)21(23(26)28)24-16-10-12-17(13-11-16)25(3)4/h6-13,15,24H,14H2,1-5H3. The first-order valence-corrected chi connectivity index (χ1v) is 9.61. The molecule has 29 heavy (non-hydrogen) atoms. The van der Waals surface area contributed by atoms with Gasteiger partial charge in [0, 0.05) is 37.6 Å². The van der Waals surface area contributed by atoms with Crippen molar-refractivity contribution in [2.45, 2.75) is 13.8 Å². The van der Waals surface area contributed by atoms with Crippen LogP contribution < -0.4 is 15.0 Å². The molecule has 1 aliphatic heterocycles. The van der Waals surface area contributed by atoms with E-state index in [9.17, 15) is 9.59 Å². The van der Waals surface area contributed by atoms with Crippen molar-refractivity contribution in [3.05, 3.63) is 59.8 Å². The molecule has 6 heteroatoms. The summed E-state index contributed by atoms with van der Waals surface area (Å²) in [5.74, 6) is 0.0970. The molecule has 0 unspecified atom stereocenters. The number of nitrogens with zero attached hydrogens (tertiary/aromatic N) is 2.